The zero-order valence-electron chi connectivity index (χ0n) is 13.8. The lowest BCUT2D eigenvalue weighted by Gasteiger charge is -2.24. The number of rotatable bonds is 6. The number of hydrogen-bond acceptors (Lipinski definition) is 2. The van der Waals surface area contributed by atoms with Gasteiger partial charge in [0.2, 0.25) is 0 Å². The van der Waals surface area contributed by atoms with E-state index in [2.05, 4.69) is 91.8 Å². The maximum Gasteiger partial charge on any atom is 0.119 e. The van der Waals surface area contributed by atoms with Crippen molar-refractivity contribution in [3.63, 3.8) is 0 Å². The van der Waals surface area contributed by atoms with Crippen LogP contribution in [0.1, 0.15) is 18.0 Å². The third-order valence-corrected chi connectivity index (χ3v) is 4.19. The van der Waals surface area contributed by atoms with E-state index in [1.807, 2.05) is 0 Å². The summed E-state index contributed by atoms with van der Waals surface area (Å²) < 4.78 is 5.99. The van der Waals surface area contributed by atoms with Gasteiger partial charge in [-0.15, -0.1) is 0 Å². The minimum atomic E-state index is 0.372. The van der Waals surface area contributed by atoms with Crippen molar-refractivity contribution in [1.82, 2.24) is 4.90 Å². The zero-order valence-corrected chi connectivity index (χ0v) is 13.8. The minimum Gasteiger partial charge on any atom is -0.494 e. The summed E-state index contributed by atoms with van der Waals surface area (Å²) in [5, 5.41) is 2.47. The lowest BCUT2D eigenvalue weighted by atomic mass is 10.0. The molecule has 0 fully saturated rings. The van der Waals surface area contributed by atoms with Crippen molar-refractivity contribution in [2.45, 2.75) is 12.5 Å². The van der Waals surface area contributed by atoms with Gasteiger partial charge < -0.3 is 9.64 Å². The smallest absolute Gasteiger partial charge is 0.119 e. The van der Waals surface area contributed by atoms with E-state index in [4.69, 9.17) is 4.74 Å². The third kappa shape index (κ3) is 3.91. The molecule has 0 aliphatic heterocycles. The van der Waals surface area contributed by atoms with Crippen molar-refractivity contribution >= 4 is 10.8 Å². The van der Waals surface area contributed by atoms with E-state index >= 15 is 0 Å². The molecule has 1 unspecified atom stereocenters. The highest BCUT2D eigenvalue weighted by molar-refractivity contribution is 5.83. The molecule has 0 aromatic heterocycles. The van der Waals surface area contributed by atoms with Gasteiger partial charge in [0.25, 0.3) is 0 Å². The summed E-state index contributed by atoms with van der Waals surface area (Å²) in [5.41, 5.74) is 1.33. The molecule has 0 amide bonds. The molecule has 2 heteroatoms. The van der Waals surface area contributed by atoms with Gasteiger partial charge in [0, 0.05) is 12.5 Å². The second kappa shape index (κ2) is 7.30. The Morgan fingerprint density at radius 3 is 2.26 bits per heavy atom. The van der Waals surface area contributed by atoms with Gasteiger partial charge in [0.15, 0.2) is 0 Å². The van der Waals surface area contributed by atoms with Crippen molar-refractivity contribution in [1.29, 1.82) is 0 Å². The summed E-state index contributed by atoms with van der Waals surface area (Å²) in [6, 6.07) is 25.6. The lowest BCUT2D eigenvalue weighted by Crippen LogP contribution is -2.22. The van der Waals surface area contributed by atoms with Crippen LogP contribution in [0.5, 0.6) is 5.75 Å². The van der Waals surface area contributed by atoms with Crippen LogP contribution < -0.4 is 4.74 Å². The predicted octanol–water partition coefficient (Wildman–Crippen LogP) is 4.91. The SMILES string of the molecule is CN(C)C(CCOc1ccc2ccccc2c1)c1ccccc1. The van der Waals surface area contributed by atoms with E-state index in [1.165, 1.54) is 16.3 Å². The molecule has 3 aromatic rings. The molecule has 0 saturated carbocycles. The first-order valence-electron chi connectivity index (χ1n) is 8.07. The third-order valence-electron chi connectivity index (χ3n) is 4.19. The summed E-state index contributed by atoms with van der Waals surface area (Å²) in [4.78, 5) is 2.25. The number of benzene rings is 3. The van der Waals surface area contributed by atoms with Crippen molar-refractivity contribution < 1.29 is 4.74 Å². The Labute approximate surface area is 138 Å². The predicted molar refractivity (Wildman–Crippen MR) is 96.9 cm³/mol. The molecular weight excluding hydrogens is 282 g/mol. The average Bonchev–Trinajstić information content (AvgIpc) is 2.59. The van der Waals surface area contributed by atoms with Gasteiger partial charge in [-0.25, -0.2) is 0 Å². The van der Waals surface area contributed by atoms with Crippen LogP contribution >= 0.6 is 0 Å². The normalized spacial score (nSPS) is 12.5. The first-order chi connectivity index (χ1) is 11.2. The van der Waals surface area contributed by atoms with Crippen molar-refractivity contribution in [3.8, 4) is 5.75 Å². The Kier molecular flexibility index (Phi) is 4.94. The second-order valence-electron chi connectivity index (χ2n) is 6.04. The molecule has 0 spiro atoms. The summed E-state index contributed by atoms with van der Waals surface area (Å²) >= 11 is 0. The molecule has 3 rings (SSSR count). The monoisotopic (exact) mass is 305 g/mol. The fourth-order valence-corrected chi connectivity index (χ4v) is 2.94. The van der Waals surface area contributed by atoms with Crippen LogP contribution in [-0.4, -0.2) is 25.6 Å². The molecule has 3 aromatic carbocycles. The molecular formula is C21H23NO. The molecule has 118 valence electrons. The highest BCUT2D eigenvalue weighted by Crippen LogP contribution is 2.24. The van der Waals surface area contributed by atoms with Crippen LogP contribution in [0.25, 0.3) is 10.8 Å². The Morgan fingerprint density at radius 1 is 0.826 bits per heavy atom. The number of nitrogens with zero attached hydrogens (tertiary/aromatic N) is 1. The van der Waals surface area contributed by atoms with Crippen LogP contribution in [0, 0.1) is 0 Å². The van der Waals surface area contributed by atoms with E-state index < -0.39 is 0 Å². The average molecular weight is 305 g/mol. The maximum absolute atomic E-state index is 5.99. The van der Waals surface area contributed by atoms with E-state index in [1.54, 1.807) is 0 Å². The molecule has 1 atom stereocenters. The van der Waals surface area contributed by atoms with E-state index in [9.17, 15) is 0 Å². The fourth-order valence-electron chi connectivity index (χ4n) is 2.94. The molecule has 0 radical (unpaired) electrons. The Morgan fingerprint density at radius 2 is 1.52 bits per heavy atom. The first kappa shape index (κ1) is 15.6. The van der Waals surface area contributed by atoms with Gasteiger partial charge in [-0.05, 0) is 42.6 Å². The zero-order chi connectivity index (χ0) is 16.1. The molecule has 0 aliphatic rings. The minimum absolute atomic E-state index is 0.372. The first-order valence-corrected chi connectivity index (χ1v) is 8.07. The lowest BCUT2D eigenvalue weighted by molar-refractivity contribution is 0.224. The van der Waals surface area contributed by atoms with Crippen LogP contribution in [0.2, 0.25) is 0 Å². The van der Waals surface area contributed by atoms with E-state index in [0.717, 1.165) is 12.2 Å². The highest BCUT2D eigenvalue weighted by atomic mass is 16.5. The van der Waals surface area contributed by atoms with Gasteiger partial charge in [-0.2, -0.15) is 0 Å². The molecule has 0 heterocycles. The van der Waals surface area contributed by atoms with Crippen LogP contribution in [0.15, 0.2) is 72.8 Å². The number of ether oxygens (including phenoxy) is 1. The standard InChI is InChI=1S/C21H23NO/c1-22(2)21(18-9-4-3-5-10-18)14-15-23-20-13-12-17-8-6-7-11-19(17)16-20/h3-13,16,21H,14-15H2,1-2H3. The second-order valence-corrected chi connectivity index (χ2v) is 6.04. The Balaban J connectivity index is 1.64. The molecule has 23 heavy (non-hydrogen) atoms. The van der Waals surface area contributed by atoms with Gasteiger partial charge >= 0.3 is 0 Å². The van der Waals surface area contributed by atoms with Gasteiger partial charge in [0.05, 0.1) is 6.61 Å². The fraction of sp³-hybridized carbons (Fsp3) is 0.238. The van der Waals surface area contributed by atoms with Crippen LogP contribution in [-0.2, 0) is 0 Å². The van der Waals surface area contributed by atoms with Crippen LogP contribution in [0.4, 0.5) is 0 Å². The number of fused-ring (bicyclic) bond motifs is 1. The van der Waals surface area contributed by atoms with Crippen molar-refractivity contribution in [2.75, 3.05) is 20.7 Å². The Bertz CT molecular complexity index is 752. The molecule has 2 nitrogen and oxygen atoms in total. The highest BCUT2D eigenvalue weighted by Gasteiger charge is 2.13. The molecule has 0 N–H and O–H groups in total. The van der Waals surface area contributed by atoms with Gasteiger partial charge in [-0.1, -0.05) is 60.7 Å². The summed E-state index contributed by atoms with van der Waals surface area (Å²) in [7, 11) is 4.24. The Hall–Kier alpha value is -2.32. The summed E-state index contributed by atoms with van der Waals surface area (Å²) in [6.45, 7) is 0.704. The summed E-state index contributed by atoms with van der Waals surface area (Å²) in [6.07, 6.45) is 0.962. The number of hydrogen-bond donors (Lipinski definition) is 0. The van der Waals surface area contributed by atoms with Gasteiger partial charge in [0.1, 0.15) is 5.75 Å². The van der Waals surface area contributed by atoms with Gasteiger partial charge in [-0.3, -0.25) is 0 Å². The summed E-state index contributed by atoms with van der Waals surface area (Å²) in [5.74, 6) is 0.939. The molecule has 0 bridgehead atoms. The largest absolute Gasteiger partial charge is 0.494 e. The molecule has 0 saturated heterocycles. The van der Waals surface area contributed by atoms with E-state index in [0.29, 0.717) is 12.6 Å². The van der Waals surface area contributed by atoms with Crippen molar-refractivity contribution in [3.05, 3.63) is 78.4 Å². The topological polar surface area (TPSA) is 12.5 Å². The maximum atomic E-state index is 5.99. The molecule has 0 aliphatic carbocycles. The van der Waals surface area contributed by atoms with Crippen molar-refractivity contribution in [2.24, 2.45) is 0 Å². The quantitative estimate of drug-likeness (QED) is 0.641. The van der Waals surface area contributed by atoms with E-state index in [-0.39, 0.29) is 0 Å². The van der Waals surface area contributed by atoms with Crippen LogP contribution in [0.3, 0.4) is 0 Å².